The van der Waals surface area contributed by atoms with Gasteiger partial charge >= 0.3 is 0 Å². The van der Waals surface area contributed by atoms with E-state index in [2.05, 4.69) is 15.1 Å². The smallest absolute Gasteiger partial charge is 0.274 e. The van der Waals surface area contributed by atoms with Gasteiger partial charge in [0.25, 0.3) is 5.89 Å². The highest BCUT2D eigenvalue weighted by Gasteiger charge is 2.25. The fourth-order valence-corrected chi connectivity index (χ4v) is 1.30. The van der Waals surface area contributed by atoms with E-state index in [9.17, 15) is 4.79 Å². The predicted molar refractivity (Wildman–Crippen MR) is 62.2 cm³/mol. The third-order valence-corrected chi connectivity index (χ3v) is 2.67. The molecule has 0 saturated carbocycles. The van der Waals surface area contributed by atoms with Crippen molar-refractivity contribution in [2.75, 3.05) is 0 Å². The van der Waals surface area contributed by atoms with Crippen molar-refractivity contribution in [2.24, 2.45) is 5.73 Å². The summed E-state index contributed by atoms with van der Waals surface area (Å²) in [6, 6.07) is 4.73. The van der Waals surface area contributed by atoms with Crippen molar-refractivity contribution in [1.82, 2.24) is 15.1 Å². The molecule has 2 aromatic heterocycles. The van der Waals surface area contributed by atoms with Crippen LogP contribution in [0.2, 0.25) is 0 Å². The van der Waals surface area contributed by atoms with E-state index in [0.717, 1.165) is 0 Å². The third-order valence-electron chi connectivity index (χ3n) is 2.67. The Morgan fingerprint density at radius 2 is 2.29 bits per heavy atom. The summed E-state index contributed by atoms with van der Waals surface area (Å²) in [7, 11) is 0. The van der Waals surface area contributed by atoms with Crippen molar-refractivity contribution in [3.8, 4) is 11.6 Å². The number of hydrogen-bond acceptors (Lipinski definition) is 5. The zero-order chi connectivity index (χ0) is 12.5. The number of hydrogen-bond donors (Lipinski definition) is 2. The van der Waals surface area contributed by atoms with Crippen LogP contribution in [0.3, 0.4) is 0 Å². The van der Waals surface area contributed by atoms with Crippen LogP contribution in [0.1, 0.15) is 26.1 Å². The van der Waals surface area contributed by atoms with Crippen molar-refractivity contribution in [1.29, 1.82) is 0 Å². The molecule has 1 atom stereocenters. The summed E-state index contributed by atoms with van der Waals surface area (Å²) >= 11 is 0. The first-order valence-corrected chi connectivity index (χ1v) is 5.35. The Morgan fingerprint density at radius 3 is 2.94 bits per heavy atom. The molecule has 2 rings (SSSR count). The monoisotopic (exact) mass is 234 g/mol. The number of aromatic amines is 1. The normalized spacial score (nSPS) is 14.5. The van der Waals surface area contributed by atoms with Crippen LogP contribution in [0.4, 0.5) is 0 Å². The number of H-pyrrole nitrogens is 1. The molecule has 0 radical (unpaired) electrons. The van der Waals surface area contributed by atoms with Gasteiger partial charge in [-0.15, -0.1) is 0 Å². The second-order valence-corrected chi connectivity index (χ2v) is 4.12. The Bertz CT molecular complexity index is 571. The molecular weight excluding hydrogens is 220 g/mol. The van der Waals surface area contributed by atoms with E-state index in [4.69, 9.17) is 10.3 Å². The number of nitrogens with two attached hydrogens (primary N) is 1. The highest BCUT2D eigenvalue weighted by molar-refractivity contribution is 5.45. The molecule has 0 aliphatic rings. The molecule has 0 aliphatic heterocycles. The minimum absolute atomic E-state index is 0.215. The van der Waals surface area contributed by atoms with Gasteiger partial charge in [-0.1, -0.05) is 18.1 Å². The molecule has 0 saturated heterocycles. The quantitative estimate of drug-likeness (QED) is 0.825. The summed E-state index contributed by atoms with van der Waals surface area (Å²) in [4.78, 5) is 18.0. The molecular formula is C11H14N4O2. The zero-order valence-corrected chi connectivity index (χ0v) is 9.73. The van der Waals surface area contributed by atoms with Crippen LogP contribution in [0.15, 0.2) is 27.5 Å². The van der Waals surface area contributed by atoms with Crippen LogP contribution < -0.4 is 11.3 Å². The molecule has 2 aromatic rings. The average Bonchev–Trinajstić information content (AvgIpc) is 2.79. The average molecular weight is 234 g/mol. The van der Waals surface area contributed by atoms with Gasteiger partial charge in [0.05, 0.1) is 5.54 Å². The van der Waals surface area contributed by atoms with Crippen LogP contribution in [0.5, 0.6) is 0 Å². The second kappa shape index (κ2) is 4.14. The fourth-order valence-electron chi connectivity index (χ4n) is 1.30. The SMILES string of the molecule is CCC(C)(N)c1noc(-c2cccc(=O)[nH]2)n1. The Balaban J connectivity index is 2.40. The van der Waals surface area contributed by atoms with Crippen LogP contribution in [0.25, 0.3) is 11.6 Å². The van der Waals surface area contributed by atoms with Crippen molar-refractivity contribution in [2.45, 2.75) is 25.8 Å². The highest BCUT2D eigenvalue weighted by atomic mass is 16.5. The molecule has 0 amide bonds. The van der Waals surface area contributed by atoms with Crippen molar-refractivity contribution in [3.05, 3.63) is 34.4 Å². The molecule has 0 aromatic carbocycles. The molecule has 6 heteroatoms. The predicted octanol–water partition coefficient (Wildman–Crippen LogP) is 1.01. The van der Waals surface area contributed by atoms with Gasteiger partial charge < -0.3 is 15.2 Å². The molecule has 17 heavy (non-hydrogen) atoms. The van der Waals surface area contributed by atoms with E-state index in [-0.39, 0.29) is 11.4 Å². The number of nitrogens with zero attached hydrogens (tertiary/aromatic N) is 2. The Labute approximate surface area is 97.9 Å². The Morgan fingerprint density at radius 1 is 1.53 bits per heavy atom. The first-order chi connectivity index (χ1) is 8.03. The van der Waals surface area contributed by atoms with Crippen molar-refractivity contribution in [3.63, 3.8) is 0 Å². The molecule has 0 spiro atoms. The first kappa shape index (κ1) is 11.5. The number of aromatic nitrogens is 3. The van der Waals surface area contributed by atoms with Crippen LogP contribution in [-0.4, -0.2) is 15.1 Å². The lowest BCUT2D eigenvalue weighted by molar-refractivity contribution is 0.378. The van der Waals surface area contributed by atoms with Gasteiger partial charge in [0, 0.05) is 6.07 Å². The lowest BCUT2D eigenvalue weighted by atomic mass is 10.0. The van der Waals surface area contributed by atoms with E-state index >= 15 is 0 Å². The molecule has 6 nitrogen and oxygen atoms in total. The van der Waals surface area contributed by atoms with Crippen molar-refractivity contribution < 1.29 is 4.52 Å². The Hall–Kier alpha value is -1.95. The summed E-state index contributed by atoms with van der Waals surface area (Å²) in [6.07, 6.45) is 0.692. The van der Waals surface area contributed by atoms with Gasteiger partial charge in [-0.05, 0) is 19.4 Å². The molecule has 90 valence electrons. The van der Waals surface area contributed by atoms with Gasteiger partial charge in [0.15, 0.2) is 5.82 Å². The number of nitrogens with one attached hydrogen (secondary N) is 1. The molecule has 3 N–H and O–H groups in total. The van der Waals surface area contributed by atoms with Crippen LogP contribution in [-0.2, 0) is 5.54 Å². The lowest BCUT2D eigenvalue weighted by Crippen LogP contribution is -2.33. The molecule has 2 heterocycles. The molecule has 0 aliphatic carbocycles. The third kappa shape index (κ3) is 2.26. The Kier molecular flexibility index (Phi) is 2.81. The standard InChI is InChI=1S/C11H14N4O2/c1-3-11(2,12)10-14-9(17-15-10)7-5-4-6-8(16)13-7/h4-6H,3,12H2,1-2H3,(H,13,16). The first-order valence-electron chi connectivity index (χ1n) is 5.35. The van der Waals surface area contributed by atoms with E-state index < -0.39 is 5.54 Å². The maximum atomic E-state index is 11.2. The van der Waals surface area contributed by atoms with Gasteiger partial charge in [-0.2, -0.15) is 4.98 Å². The minimum Gasteiger partial charge on any atom is -0.332 e. The largest absolute Gasteiger partial charge is 0.332 e. The van der Waals surface area contributed by atoms with Gasteiger partial charge in [-0.25, -0.2) is 0 Å². The summed E-state index contributed by atoms with van der Waals surface area (Å²) in [5, 5.41) is 3.83. The number of rotatable bonds is 3. The molecule has 1 unspecified atom stereocenters. The minimum atomic E-state index is -0.628. The topological polar surface area (TPSA) is 97.8 Å². The van der Waals surface area contributed by atoms with Gasteiger partial charge in [0.1, 0.15) is 5.69 Å². The zero-order valence-electron chi connectivity index (χ0n) is 9.73. The van der Waals surface area contributed by atoms with Crippen LogP contribution >= 0.6 is 0 Å². The summed E-state index contributed by atoms with van der Waals surface area (Å²) in [6.45, 7) is 3.77. The second-order valence-electron chi connectivity index (χ2n) is 4.12. The van der Waals surface area contributed by atoms with E-state index in [0.29, 0.717) is 17.9 Å². The summed E-state index contributed by atoms with van der Waals surface area (Å²) in [5.74, 6) is 0.697. The van der Waals surface area contributed by atoms with E-state index in [1.807, 2.05) is 13.8 Å². The fraction of sp³-hybridized carbons (Fsp3) is 0.364. The van der Waals surface area contributed by atoms with Crippen molar-refractivity contribution >= 4 is 0 Å². The van der Waals surface area contributed by atoms with Crippen LogP contribution in [0, 0.1) is 0 Å². The van der Waals surface area contributed by atoms with Gasteiger partial charge in [0.2, 0.25) is 5.56 Å². The molecule has 0 fully saturated rings. The van der Waals surface area contributed by atoms with E-state index in [1.54, 1.807) is 12.1 Å². The highest BCUT2D eigenvalue weighted by Crippen LogP contribution is 2.21. The summed E-state index contributed by atoms with van der Waals surface area (Å²) in [5.41, 5.74) is 5.65. The lowest BCUT2D eigenvalue weighted by Gasteiger charge is -2.16. The number of pyridine rings is 1. The summed E-state index contributed by atoms with van der Waals surface area (Å²) < 4.78 is 5.08. The van der Waals surface area contributed by atoms with Gasteiger partial charge in [-0.3, -0.25) is 4.79 Å². The maximum absolute atomic E-state index is 11.2. The maximum Gasteiger partial charge on any atom is 0.274 e. The van der Waals surface area contributed by atoms with E-state index in [1.165, 1.54) is 6.07 Å². The molecule has 0 bridgehead atoms.